The summed E-state index contributed by atoms with van der Waals surface area (Å²) in [4.78, 5) is 0. The fraction of sp³-hybridized carbons (Fsp3) is 0.400. The van der Waals surface area contributed by atoms with E-state index in [4.69, 9.17) is 0 Å². The first-order chi connectivity index (χ1) is 8.75. The van der Waals surface area contributed by atoms with Gasteiger partial charge in [-0.25, -0.2) is 4.68 Å². The number of aromatic nitrogens is 2. The van der Waals surface area contributed by atoms with Gasteiger partial charge in [0.05, 0.1) is 5.69 Å². The van der Waals surface area contributed by atoms with Gasteiger partial charge in [0.1, 0.15) is 0 Å². The monoisotopic (exact) mass is 243 g/mol. The second-order valence-electron chi connectivity index (χ2n) is 4.98. The Morgan fingerprint density at radius 2 is 2.00 bits per heavy atom. The Hall–Kier alpha value is -1.61. The maximum atomic E-state index is 4.21. The van der Waals surface area contributed by atoms with Crippen LogP contribution in [0.5, 0.6) is 0 Å². The van der Waals surface area contributed by atoms with Crippen LogP contribution in [0.2, 0.25) is 0 Å². The summed E-state index contributed by atoms with van der Waals surface area (Å²) < 4.78 is 1.87. The lowest BCUT2D eigenvalue weighted by Gasteiger charge is -2.08. The van der Waals surface area contributed by atoms with Crippen LogP contribution in [0.25, 0.3) is 5.69 Å². The predicted molar refractivity (Wildman–Crippen MR) is 74.7 cm³/mol. The molecule has 96 valence electrons. The number of benzene rings is 1. The van der Waals surface area contributed by atoms with E-state index in [9.17, 15) is 0 Å². The van der Waals surface area contributed by atoms with Gasteiger partial charge in [-0.3, -0.25) is 0 Å². The first-order valence-electron chi connectivity index (χ1n) is 6.55. The van der Waals surface area contributed by atoms with Crippen molar-refractivity contribution in [3.05, 3.63) is 48.3 Å². The lowest BCUT2D eigenvalue weighted by Crippen LogP contribution is -2.16. The van der Waals surface area contributed by atoms with Crippen molar-refractivity contribution in [2.75, 3.05) is 6.54 Å². The minimum Gasteiger partial charge on any atom is -0.313 e. The van der Waals surface area contributed by atoms with Gasteiger partial charge in [-0.05, 0) is 42.6 Å². The molecule has 0 radical (unpaired) electrons. The van der Waals surface area contributed by atoms with E-state index in [0.29, 0.717) is 0 Å². The average Bonchev–Trinajstić information content (AvgIpc) is 2.89. The highest BCUT2D eigenvalue weighted by Crippen LogP contribution is 2.08. The SMILES string of the molecule is CC(C)CCNCc1ccc(-n2cccn2)cc1. The van der Waals surface area contributed by atoms with E-state index in [2.05, 4.69) is 48.5 Å². The Balaban J connectivity index is 1.84. The maximum Gasteiger partial charge on any atom is 0.0645 e. The zero-order valence-corrected chi connectivity index (χ0v) is 11.1. The van der Waals surface area contributed by atoms with Crippen molar-refractivity contribution in [3.8, 4) is 5.69 Å². The maximum absolute atomic E-state index is 4.21. The van der Waals surface area contributed by atoms with Gasteiger partial charge >= 0.3 is 0 Å². The fourth-order valence-electron chi connectivity index (χ4n) is 1.81. The molecule has 0 unspecified atom stereocenters. The molecular weight excluding hydrogens is 222 g/mol. The van der Waals surface area contributed by atoms with Crippen LogP contribution in [0.4, 0.5) is 0 Å². The zero-order valence-electron chi connectivity index (χ0n) is 11.1. The van der Waals surface area contributed by atoms with E-state index in [1.807, 2.05) is 16.9 Å². The van der Waals surface area contributed by atoms with Gasteiger partial charge in [0.25, 0.3) is 0 Å². The van der Waals surface area contributed by atoms with Gasteiger partial charge in [-0.15, -0.1) is 0 Å². The van der Waals surface area contributed by atoms with Gasteiger partial charge in [-0.1, -0.05) is 26.0 Å². The van der Waals surface area contributed by atoms with E-state index in [1.54, 1.807) is 6.20 Å². The van der Waals surface area contributed by atoms with Crippen LogP contribution < -0.4 is 5.32 Å². The number of hydrogen-bond acceptors (Lipinski definition) is 2. The highest BCUT2D eigenvalue weighted by molar-refractivity contribution is 5.33. The van der Waals surface area contributed by atoms with Crippen LogP contribution >= 0.6 is 0 Å². The molecule has 0 saturated heterocycles. The van der Waals surface area contributed by atoms with E-state index in [0.717, 1.165) is 24.7 Å². The minimum atomic E-state index is 0.764. The molecule has 0 aliphatic heterocycles. The molecule has 18 heavy (non-hydrogen) atoms. The smallest absolute Gasteiger partial charge is 0.0645 e. The molecule has 0 fully saturated rings. The summed E-state index contributed by atoms with van der Waals surface area (Å²) in [7, 11) is 0. The summed E-state index contributed by atoms with van der Waals surface area (Å²) >= 11 is 0. The number of nitrogens with one attached hydrogen (secondary N) is 1. The van der Waals surface area contributed by atoms with Gasteiger partial charge in [-0.2, -0.15) is 5.10 Å². The molecule has 0 aliphatic carbocycles. The third-order valence-corrected chi connectivity index (χ3v) is 2.93. The quantitative estimate of drug-likeness (QED) is 0.790. The number of hydrogen-bond donors (Lipinski definition) is 1. The molecule has 0 atom stereocenters. The normalized spacial score (nSPS) is 11.1. The van der Waals surface area contributed by atoms with E-state index >= 15 is 0 Å². The Labute approximate surface area is 109 Å². The van der Waals surface area contributed by atoms with Crippen molar-refractivity contribution < 1.29 is 0 Å². The van der Waals surface area contributed by atoms with Crippen molar-refractivity contribution >= 4 is 0 Å². The molecule has 1 N–H and O–H groups in total. The molecular formula is C15H21N3. The average molecular weight is 243 g/mol. The van der Waals surface area contributed by atoms with Gasteiger partial charge in [0, 0.05) is 18.9 Å². The summed E-state index contributed by atoms with van der Waals surface area (Å²) in [5, 5.41) is 7.68. The summed E-state index contributed by atoms with van der Waals surface area (Å²) in [6.07, 6.45) is 4.97. The molecule has 2 aromatic rings. The summed E-state index contributed by atoms with van der Waals surface area (Å²) in [6, 6.07) is 10.4. The van der Waals surface area contributed by atoms with Gasteiger partial charge < -0.3 is 5.32 Å². The number of rotatable bonds is 6. The van der Waals surface area contributed by atoms with Crippen LogP contribution in [0.3, 0.4) is 0 Å². The summed E-state index contributed by atoms with van der Waals surface area (Å²) in [5.41, 5.74) is 2.42. The standard InChI is InChI=1S/C15H21N3/c1-13(2)8-10-16-12-14-4-6-15(7-5-14)18-11-3-9-17-18/h3-7,9,11,13,16H,8,10,12H2,1-2H3. The predicted octanol–water partition coefficient (Wildman–Crippen LogP) is 3.01. The van der Waals surface area contributed by atoms with E-state index in [-0.39, 0.29) is 0 Å². The summed E-state index contributed by atoms with van der Waals surface area (Å²) in [6.45, 7) is 6.52. The zero-order chi connectivity index (χ0) is 12.8. The van der Waals surface area contributed by atoms with Crippen molar-refractivity contribution in [2.24, 2.45) is 5.92 Å². The van der Waals surface area contributed by atoms with Crippen LogP contribution in [0, 0.1) is 5.92 Å². The topological polar surface area (TPSA) is 29.9 Å². The second-order valence-corrected chi connectivity index (χ2v) is 4.98. The van der Waals surface area contributed by atoms with Gasteiger partial charge in [0.2, 0.25) is 0 Å². The van der Waals surface area contributed by atoms with Crippen molar-refractivity contribution in [3.63, 3.8) is 0 Å². The molecule has 0 saturated carbocycles. The Morgan fingerprint density at radius 3 is 2.61 bits per heavy atom. The van der Waals surface area contributed by atoms with Crippen LogP contribution in [0.15, 0.2) is 42.7 Å². The Kier molecular flexibility index (Phi) is 4.53. The minimum absolute atomic E-state index is 0.764. The van der Waals surface area contributed by atoms with Crippen molar-refractivity contribution in [2.45, 2.75) is 26.8 Å². The first-order valence-corrected chi connectivity index (χ1v) is 6.55. The first kappa shape index (κ1) is 12.8. The number of nitrogens with zero attached hydrogens (tertiary/aromatic N) is 2. The van der Waals surface area contributed by atoms with Crippen LogP contribution in [-0.4, -0.2) is 16.3 Å². The Bertz CT molecular complexity index is 443. The third kappa shape index (κ3) is 3.70. The van der Waals surface area contributed by atoms with Gasteiger partial charge in [0.15, 0.2) is 0 Å². The second kappa shape index (κ2) is 6.36. The fourth-order valence-corrected chi connectivity index (χ4v) is 1.81. The molecule has 1 aromatic carbocycles. The lowest BCUT2D eigenvalue weighted by atomic mass is 10.1. The summed E-state index contributed by atoms with van der Waals surface area (Å²) in [5.74, 6) is 0.764. The molecule has 1 aromatic heterocycles. The molecule has 0 amide bonds. The van der Waals surface area contributed by atoms with Crippen LogP contribution in [0.1, 0.15) is 25.8 Å². The molecule has 1 heterocycles. The highest BCUT2D eigenvalue weighted by Gasteiger charge is 1.97. The van der Waals surface area contributed by atoms with Crippen molar-refractivity contribution in [1.82, 2.24) is 15.1 Å². The lowest BCUT2D eigenvalue weighted by molar-refractivity contribution is 0.537. The van der Waals surface area contributed by atoms with Crippen molar-refractivity contribution in [1.29, 1.82) is 0 Å². The van der Waals surface area contributed by atoms with E-state index < -0.39 is 0 Å². The Morgan fingerprint density at radius 1 is 1.22 bits per heavy atom. The molecule has 3 nitrogen and oxygen atoms in total. The highest BCUT2D eigenvalue weighted by atomic mass is 15.3. The third-order valence-electron chi connectivity index (χ3n) is 2.93. The largest absolute Gasteiger partial charge is 0.313 e. The molecule has 0 aliphatic rings. The molecule has 2 rings (SSSR count). The van der Waals surface area contributed by atoms with E-state index in [1.165, 1.54) is 12.0 Å². The van der Waals surface area contributed by atoms with Crippen LogP contribution in [-0.2, 0) is 6.54 Å². The molecule has 0 bridgehead atoms. The molecule has 3 heteroatoms. The molecule has 0 spiro atoms.